The third-order valence-electron chi connectivity index (χ3n) is 11.9. The minimum absolute atomic E-state index is 0.0253. The molecule has 0 amide bonds. The summed E-state index contributed by atoms with van der Waals surface area (Å²) in [7, 11) is 0. The largest absolute Gasteiger partial charge is 0.459 e. The lowest BCUT2D eigenvalue weighted by atomic mass is 9.47. The molecule has 4 aliphatic carbocycles. The van der Waals surface area contributed by atoms with Gasteiger partial charge in [0, 0.05) is 5.41 Å². The van der Waals surface area contributed by atoms with Crippen LogP contribution in [0.1, 0.15) is 109 Å². The van der Waals surface area contributed by atoms with Crippen molar-refractivity contribution < 1.29 is 14.3 Å². The fourth-order valence-corrected chi connectivity index (χ4v) is 9.75. The third-order valence-corrected chi connectivity index (χ3v) is 11.9. The molecule has 1 heterocycles. The molecule has 0 N–H and O–H groups in total. The summed E-state index contributed by atoms with van der Waals surface area (Å²) in [6.07, 6.45) is 15.3. The molecule has 1 saturated heterocycles. The fraction of sp³-hybridized carbons (Fsp3) is 0.735. The second kappa shape index (κ2) is 9.25. The standard InChI is InChI=1S/C34H48O3/c1-22(2)10-9-11-23(3)29-21-30-34(37-30)28-15-14-25-20-26(36-31(35)24-12-7-6-8-13-24)16-18-32(25,4)27(28)17-19-33(29,34)5/h6-8,12-13,15,22-23,25-27,29-30H,9-11,14,16-21H2,1-5H3/t23-,25+,26+,27?,29?,30+,32?,33?,34+/m1/s1. The van der Waals surface area contributed by atoms with E-state index in [0.29, 0.717) is 34.3 Å². The minimum Gasteiger partial charge on any atom is -0.459 e. The highest BCUT2D eigenvalue weighted by Crippen LogP contribution is 2.76. The van der Waals surface area contributed by atoms with E-state index in [9.17, 15) is 4.79 Å². The van der Waals surface area contributed by atoms with Gasteiger partial charge in [-0.2, -0.15) is 0 Å². The molecule has 6 rings (SSSR count). The van der Waals surface area contributed by atoms with Gasteiger partial charge in [0.15, 0.2) is 0 Å². The van der Waals surface area contributed by atoms with E-state index in [4.69, 9.17) is 9.47 Å². The molecule has 1 aromatic rings. The van der Waals surface area contributed by atoms with Crippen LogP contribution in [0, 0.1) is 40.4 Å². The number of allylic oxidation sites excluding steroid dienone is 1. The number of hydrogen-bond donors (Lipinski definition) is 0. The lowest BCUT2D eigenvalue weighted by molar-refractivity contribution is -0.0665. The number of carbonyl (C=O) groups excluding carboxylic acids is 1. The predicted molar refractivity (Wildman–Crippen MR) is 148 cm³/mol. The zero-order valence-electron chi connectivity index (χ0n) is 23.8. The topological polar surface area (TPSA) is 38.8 Å². The van der Waals surface area contributed by atoms with Crippen molar-refractivity contribution >= 4 is 5.97 Å². The van der Waals surface area contributed by atoms with Gasteiger partial charge in [-0.15, -0.1) is 0 Å². The number of ether oxygens (including phenoxy) is 2. The Morgan fingerprint density at radius 3 is 2.59 bits per heavy atom. The number of carbonyl (C=O) groups is 1. The molecule has 3 nitrogen and oxygen atoms in total. The highest BCUT2D eigenvalue weighted by Gasteiger charge is 2.79. The number of hydrogen-bond acceptors (Lipinski definition) is 3. The second-order valence-corrected chi connectivity index (χ2v) is 14.3. The van der Waals surface area contributed by atoms with Gasteiger partial charge < -0.3 is 9.47 Å². The Hall–Kier alpha value is -1.61. The van der Waals surface area contributed by atoms with Gasteiger partial charge in [-0.3, -0.25) is 0 Å². The normalized spacial score (nSPS) is 42.6. The number of fused-ring (bicyclic) bond motifs is 3. The average molecular weight is 505 g/mol. The molecule has 9 atom stereocenters. The molecule has 3 saturated carbocycles. The summed E-state index contributed by atoms with van der Waals surface area (Å²) >= 11 is 0. The van der Waals surface area contributed by atoms with E-state index in [1.807, 2.05) is 30.3 Å². The summed E-state index contributed by atoms with van der Waals surface area (Å²) in [6.45, 7) is 12.4. The second-order valence-electron chi connectivity index (χ2n) is 14.3. The third kappa shape index (κ3) is 3.97. The van der Waals surface area contributed by atoms with Crippen molar-refractivity contribution in [2.45, 2.75) is 117 Å². The van der Waals surface area contributed by atoms with E-state index in [-0.39, 0.29) is 17.7 Å². The van der Waals surface area contributed by atoms with Gasteiger partial charge in [0.2, 0.25) is 0 Å². The number of benzene rings is 1. The van der Waals surface area contributed by atoms with Crippen LogP contribution in [-0.2, 0) is 9.47 Å². The van der Waals surface area contributed by atoms with Crippen LogP contribution in [0.3, 0.4) is 0 Å². The maximum absolute atomic E-state index is 12.7. The average Bonchev–Trinajstić information content (AvgIpc) is 3.54. The molecule has 1 aromatic carbocycles. The van der Waals surface area contributed by atoms with Crippen molar-refractivity contribution in [2.24, 2.45) is 40.4 Å². The van der Waals surface area contributed by atoms with Gasteiger partial charge in [-0.05, 0) is 97.7 Å². The van der Waals surface area contributed by atoms with Gasteiger partial charge >= 0.3 is 5.97 Å². The number of epoxide rings is 1. The summed E-state index contributed by atoms with van der Waals surface area (Å²) in [5.74, 6) is 3.44. The summed E-state index contributed by atoms with van der Waals surface area (Å²) in [5.41, 5.74) is 2.97. The van der Waals surface area contributed by atoms with Gasteiger partial charge in [0.25, 0.3) is 0 Å². The van der Waals surface area contributed by atoms with Crippen LogP contribution in [0.2, 0.25) is 0 Å². The van der Waals surface area contributed by atoms with Crippen molar-refractivity contribution in [3.05, 3.63) is 47.5 Å². The lowest BCUT2D eigenvalue weighted by Crippen LogP contribution is -2.54. The molecule has 1 aliphatic heterocycles. The zero-order chi connectivity index (χ0) is 26.0. The van der Waals surface area contributed by atoms with Crippen molar-refractivity contribution in [3.8, 4) is 0 Å². The summed E-state index contributed by atoms with van der Waals surface area (Å²) in [4.78, 5) is 12.7. The van der Waals surface area contributed by atoms with E-state index in [1.165, 1.54) is 38.5 Å². The van der Waals surface area contributed by atoms with Crippen molar-refractivity contribution in [1.29, 1.82) is 0 Å². The van der Waals surface area contributed by atoms with E-state index in [2.05, 4.69) is 40.7 Å². The molecule has 5 aliphatic rings. The SMILES string of the molecule is CC(C)CCC[C@@H](C)C1C[C@@H]2O[C@@]23C2=CC[C@H]4C[C@@H](OC(=O)c5ccccc5)CCC4(C)C2CCC13C. The van der Waals surface area contributed by atoms with Crippen LogP contribution in [0.5, 0.6) is 0 Å². The van der Waals surface area contributed by atoms with Crippen molar-refractivity contribution in [2.75, 3.05) is 0 Å². The molecule has 0 bridgehead atoms. The first-order chi connectivity index (χ1) is 17.7. The Kier molecular flexibility index (Phi) is 6.41. The van der Waals surface area contributed by atoms with Crippen LogP contribution in [0.4, 0.5) is 0 Å². The molecule has 4 unspecified atom stereocenters. The molecule has 0 radical (unpaired) electrons. The van der Waals surface area contributed by atoms with E-state index in [0.717, 1.165) is 43.4 Å². The van der Waals surface area contributed by atoms with Crippen molar-refractivity contribution in [3.63, 3.8) is 0 Å². The Balaban J connectivity index is 1.17. The summed E-state index contributed by atoms with van der Waals surface area (Å²) in [6, 6.07) is 9.47. The monoisotopic (exact) mass is 504 g/mol. The molecule has 1 spiro atoms. The Morgan fingerprint density at radius 1 is 1.05 bits per heavy atom. The Bertz CT molecular complexity index is 1040. The summed E-state index contributed by atoms with van der Waals surface area (Å²) < 4.78 is 12.8. The molecule has 37 heavy (non-hydrogen) atoms. The van der Waals surface area contributed by atoms with Gasteiger partial charge in [0.1, 0.15) is 11.7 Å². The Labute approximate surface area is 224 Å². The van der Waals surface area contributed by atoms with Crippen LogP contribution in [0.25, 0.3) is 0 Å². The summed E-state index contributed by atoms with van der Waals surface area (Å²) in [5, 5.41) is 0. The molecular formula is C34H48O3. The van der Waals surface area contributed by atoms with Crippen LogP contribution < -0.4 is 0 Å². The first-order valence-corrected chi connectivity index (χ1v) is 15.3. The van der Waals surface area contributed by atoms with Gasteiger partial charge in [-0.1, -0.05) is 78.2 Å². The lowest BCUT2D eigenvalue weighted by Gasteiger charge is -2.58. The maximum Gasteiger partial charge on any atom is 0.338 e. The molecule has 3 heteroatoms. The van der Waals surface area contributed by atoms with Gasteiger partial charge in [0.05, 0.1) is 11.7 Å². The highest BCUT2D eigenvalue weighted by molar-refractivity contribution is 5.89. The Morgan fingerprint density at radius 2 is 1.84 bits per heavy atom. The maximum atomic E-state index is 12.7. The number of rotatable bonds is 7. The molecular weight excluding hydrogens is 456 g/mol. The van der Waals surface area contributed by atoms with Crippen LogP contribution in [0.15, 0.2) is 42.0 Å². The number of esters is 1. The van der Waals surface area contributed by atoms with Gasteiger partial charge in [-0.25, -0.2) is 4.79 Å². The van der Waals surface area contributed by atoms with Crippen LogP contribution >= 0.6 is 0 Å². The fourth-order valence-electron chi connectivity index (χ4n) is 9.75. The first-order valence-electron chi connectivity index (χ1n) is 15.3. The predicted octanol–water partition coefficient (Wildman–Crippen LogP) is 8.38. The van der Waals surface area contributed by atoms with Crippen LogP contribution in [-0.4, -0.2) is 23.8 Å². The minimum atomic E-state index is -0.165. The van der Waals surface area contributed by atoms with E-state index < -0.39 is 0 Å². The highest BCUT2D eigenvalue weighted by atomic mass is 16.6. The molecule has 4 fully saturated rings. The quantitative estimate of drug-likeness (QED) is 0.213. The van der Waals surface area contributed by atoms with E-state index in [1.54, 1.807) is 5.57 Å². The van der Waals surface area contributed by atoms with E-state index >= 15 is 0 Å². The zero-order valence-corrected chi connectivity index (χ0v) is 23.8. The smallest absolute Gasteiger partial charge is 0.338 e. The van der Waals surface area contributed by atoms with Crippen molar-refractivity contribution in [1.82, 2.24) is 0 Å². The first kappa shape index (κ1) is 25.7. The molecule has 0 aromatic heterocycles. The molecule has 202 valence electrons.